The number of amides is 1. The zero-order valence-corrected chi connectivity index (χ0v) is 14.5. The Morgan fingerprint density at radius 2 is 1.77 bits per heavy atom. The maximum absolute atomic E-state index is 12.2. The first-order chi connectivity index (χ1) is 12.5. The fraction of sp³-hybridized carbons (Fsp3) is 0.500. The normalized spacial score (nSPS) is 20.2. The Labute approximate surface area is 151 Å². The number of piperazine rings is 1. The standard InChI is InChI=1S/C16H22N2O2.C2H2O4/c19-16(15-7-4-12-20-15)18-10-8-17(9-11-18)13-14-5-2-1-3-6-14;3-1(4)2(5)6/h1-2,4,7,12,14H,3,5-6,8-11,13H2;(H,3,4)(H,5,6). The van der Waals surface area contributed by atoms with Crippen LogP contribution in [-0.2, 0) is 9.59 Å². The van der Waals surface area contributed by atoms with Gasteiger partial charge in [-0.15, -0.1) is 0 Å². The molecule has 1 saturated heterocycles. The summed E-state index contributed by atoms with van der Waals surface area (Å²) < 4.78 is 5.18. The number of carbonyl (C=O) groups excluding carboxylic acids is 1. The Hall–Kier alpha value is -2.61. The molecule has 1 aromatic heterocycles. The first-order valence-electron chi connectivity index (χ1n) is 8.63. The molecule has 0 radical (unpaired) electrons. The van der Waals surface area contributed by atoms with Crippen molar-refractivity contribution < 1.29 is 29.0 Å². The number of furan rings is 1. The van der Waals surface area contributed by atoms with Crippen molar-refractivity contribution in [1.82, 2.24) is 9.80 Å². The van der Waals surface area contributed by atoms with Crippen LogP contribution < -0.4 is 0 Å². The molecule has 1 aliphatic heterocycles. The third-order valence-corrected chi connectivity index (χ3v) is 4.47. The molecule has 1 fully saturated rings. The highest BCUT2D eigenvalue weighted by Crippen LogP contribution is 2.20. The van der Waals surface area contributed by atoms with Crippen molar-refractivity contribution in [3.63, 3.8) is 0 Å². The molecule has 1 atom stereocenters. The summed E-state index contributed by atoms with van der Waals surface area (Å²) >= 11 is 0. The summed E-state index contributed by atoms with van der Waals surface area (Å²) in [7, 11) is 0. The summed E-state index contributed by atoms with van der Waals surface area (Å²) in [6.45, 7) is 4.75. The van der Waals surface area contributed by atoms with E-state index >= 15 is 0 Å². The Kier molecular flexibility index (Phi) is 7.40. The molecule has 1 aliphatic carbocycles. The van der Waals surface area contributed by atoms with Crippen LogP contribution in [-0.4, -0.2) is 70.6 Å². The quantitative estimate of drug-likeness (QED) is 0.618. The number of carboxylic acids is 2. The Morgan fingerprint density at radius 1 is 1.08 bits per heavy atom. The summed E-state index contributed by atoms with van der Waals surface area (Å²) in [4.78, 5) is 34.8. The molecule has 26 heavy (non-hydrogen) atoms. The number of rotatable bonds is 3. The number of hydrogen-bond donors (Lipinski definition) is 2. The van der Waals surface area contributed by atoms with E-state index < -0.39 is 11.9 Å². The van der Waals surface area contributed by atoms with Gasteiger partial charge < -0.3 is 19.5 Å². The molecular formula is C18H24N2O6. The van der Waals surface area contributed by atoms with Gasteiger partial charge >= 0.3 is 11.9 Å². The Bertz CT molecular complexity index is 620. The lowest BCUT2D eigenvalue weighted by molar-refractivity contribution is -0.159. The van der Waals surface area contributed by atoms with Crippen molar-refractivity contribution in [2.24, 2.45) is 5.92 Å². The molecule has 0 bridgehead atoms. The van der Waals surface area contributed by atoms with Gasteiger partial charge in [0.15, 0.2) is 5.76 Å². The Morgan fingerprint density at radius 3 is 2.27 bits per heavy atom. The maximum atomic E-state index is 12.2. The van der Waals surface area contributed by atoms with E-state index in [-0.39, 0.29) is 5.91 Å². The van der Waals surface area contributed by atoms with Crippen molar-refractivity contribution in [2.45, 2.75) is 19.3 Å². The average molecular weight is 364 g/mol. The summed E-state index contributed by atoms with van der Waals surface area (Å²) in [5, 5.41) is 14.8. The smallest absolute Gasteiger partial charge is 0.414 e. The third-order valence-electron chi connectivity index (χ3n) is 4.47. The molecule has 0 aromatic carbocycles. The first kappa shape index (κ1) is 19.7. The summed E-state index contributed by atoms with van der Waals surface area (Å²) in [6.07, 6.45) is 9.90. The van der Waals surface area contributed by atoms with E-state index in [4.69, 9.17) is 24.2 Å². The third kappa shape index (κ3) is 6.03. The highest BCUT2D eigenvalue weighted by Gasteiger charge is 2.25. The fourth-order valence-corrected chi connectivity index (χ4v) is 3.08. The monoisotopic (exact) mass is 364 g/mol. The van der Waals surface area contributed by atoms with Crippen molar-refractivity contribution in [1.29, 1.82) is 0 Å². The fourth-order valence-electron chi connectivity index (χ4n) is 3.08. The van der Waals surface area contributed by atoms with Crippen molar-refractivity contribution >= 4 is 17.8 Å². The summed E-state index contributed by atoms with van der Waals surface area (Å²) in [6, 6.07) is 3.50. The minimum Gasteiger partial charge on any atom is -0.473 e. The molecule has 1 unspecified atom stereocenters. The molecule has 142 valence electrons. The van der Waals surface area contributed by atoms with Gasteiger partial charge in [0.25, 0.3) is 5.91 Å². The predicted molar refractivity (Wildman–Crippen MR) is 92.8 cm³/mol. The van der Waals surface area contributed by atoms with E-state index in [1.54, 1.807) is 18.4 Å². The van der Waals surface area contributed by atoms with Gasteiger partial charge in [0.1, 0.15) is 0 Å². The zero-order chi connectivity index (χ0) is 18.9. The van der Waals surface area contributed by atoms with Gasteiger partial charge in [-0.25, -0.2) is 9.59 Å². The SMILES string of the molecule is O=C(O)C(=O)O.O=C(c1ccco1)N1CCN(CC2CC=CCC2)CC1. The highest BCUT2D eigenvalue weighted by atomic mass is 16.4. The second-order valence-corrected chi connectivity index (χ2v) is 6.33. The van der Waals surface area contributed by atoms with Crippen LogP contribution in [0.25, 0.3) is 0 Å². The van der Waals surface area contributed by atoms with Crippen LogP contribution in [0.4, 0.5) is 0 Å². The van der Waals surface area contributed by atoms with E-state index in [9.17, 15) is 4.79 Å². The van der Waals surface area contributed by atoms with Crippen LogP contribution >= 0.6 is 0 Å². The van der Waals surface area contributed by atoms with Crippen LogP contribution in [0.5, 0.6) is 0 Å². The maximum Gasteiger partial charge on any atom is 0.414 e. The van der Waals surface area contributed by atoms with E-state index in [1.807, 2.05) is 4.90 Å². The van der Waals surface area contributed by atoms with E-state index in [0.717, 1.165) is 32.1 Å². The van der Waals surface area contributed by atoms with Crippen molar-refractivity contribution in [3.05, 3.63) is 36.3 Å². The van der Waals surface area contributed by atoms with Crippen LogP contribution in [0.15, 0.2) is 35.0 Å². The second-order valence-electron chi connectivity index (χ2n) is 6.33. The number of allylic oxidation sites excluding steroid dienone is 2. The van der Waals surface area contributed by atoms with Gasteiger partial charge in [0, 0.05) is 32.7 Å². The topological polar surface area (TPSA) is 111 Å². The molecule has 2 aliphatic rings. The number of hydrogen-bond acceptors (Lipinski definition) is 5. The molecule has 2 heterocycles. The number of carboxylic acid groups (broad SMARTS) is 2. The minimum absolute atomic E-state index is 0.0234. The largest absolute Gasteiger partial charge is 0.473 e. The summed E-state index contributed by atoms with van der Waals surface area (Å²) in [5.41, 5.74) is 0. The average Bonchev–Trinajstić information content (AvgIpc) is 3.18. The van der Waals surface area contributed by atoms with Crippen LogP contribution in [0.3, 0.4) is 0 Å². The van der Waals surface area contributed by atoms with Crippen molar-refractivity contribution in [2.75, 3.05) is 32.7 Å². The molecule has 3 rings (SSSR count). The zero-order valence-electron chi connectivity index (χ0n) is 14.5. The van der Waals surface area contributed by atoms with Gasteiger partial charge in [-0.05, 0) is 37.3 Å². The molecule has 1 amide bonds. The first-order valence-corrected chi connectivity index (χ1v) is 8.63. The lowest BCUT2D eigenvalue weighted by Gasteiger charge is -2.36. The molecule has 0 saturated carbocycles. The van der Waals surface area contributed by atoms with Gasteiger partial charge in [-0.2, -0.15) is 0 Å². The Balaban J connectivity index is 0.000000352. The molecule has 8 heteroatoms. The van der Waals surface area contributed by atoms with Crippen LogP contribution in [0.1, 0.15) is 29.8 Å². The molecule has 2 N–H and O–H groups in total. The second kappa shape index (κ2) is 9.76. The predicted octanol–water partition coefficient (Wildman–Crippen LogP) is 1.55. The lowest BCUT2D eigenvalue weighted by Crippen LogP contribution is -2.49. The van der Waals surface area contributed by atoms with E-state index in [1.165, 1.54) is 25.8 Å². The lowest BCUT2D eigenvalue weighted by atomic mass is 9.94. The molecule has 1 aromatic rings. The molecule has 8 nitrogen and oxygen atoms in total. The van der Waals surface area contributed by atoms with Gasteiger partial charge in [-0.1, -0.05) is 12.2 Å². The minimum atomic E-state index is -1.82. The molecular weight excluding hydrogens is 340 g/mol. The number of aliphatic carboxylic acids is 2. The van der Waals surface area contributed by atoms with Gasteiger partial charge in [-0.3, -0.25) is 9.69 Å². The number of carbonyl (C=O) groups is 3. The highest BCUT2D eigenvalue weighted by molar-refractivity contribution is 6.27. The van der Waals surface area contributed by atoms with Crippen LogP contribution in [0, 0.1) is 5.92 Å². The van der Waals surface area contributed by atoms with Gasteiger partial charge in [0.2, 0.25) is 0 Å². The molecule has 0 spiro atoms. The number of nitrogens with zero attached hydrogens (tertiary/aromatic N) is 2. The van der Waals surface area contributed by atoms with E-state index in [0.29, 0.717) is 5.76 Å². The van der Waals surface area contributed by atoms with E-state index in [2.05, 4.69) is 17.1 Å². The summed E-state index contributed by atoms with van der Waals surface area (Å²) in [5.74, 6) is -2.37. The van der Waals surface area contributed by atoms with Crippen LogP contribution in [0.2, 0.25) is 0 Å². The van der Waals surface area contributed by atoms with Crippen molar-refractivity contribution in [3.8, 4) is 0 Å². The van der Waals surface area contributed by atoms with Gasteiger partial charge in [0.05, 0.1) is 6.26 Å².